The third-order valence-corrected chi connectivity index (χ3v) is 8.79. The fourth-order valence-electron chi connectivity index (χ4n) is 3.55. The number of halogens is 2. The maximum absolute atomic E-state index is 14.6. The van der Waals surface area contributed by atoms with E-state index in [9.17, 15) is 12.8 Å². The minimum atomic E-state index is -3.60. The molecule has 0 aromatic heterocycles. The van der Waals surface area contributed by atoms with Gasteiger partial charge in [0.2, 0.25) is 0 Å². The van der Waals surface area contributed by atoms with Gasteiger partial charge in [0, 0.05) is 15.7 Å². The van der Waals surface area contributed by atoms with Crippen molar-refractivity contribution >= 4 is 25.8 Å². The van der Waals surface area contributed by atoms with E-state index in [2.05, 4.69) is 27.8 Å². The highest BCUT2D eigenvalue weighted by molar-refractivity contribution is 9.10. The second kappa shape index (κ2) is 5.54. The predicted molar refractivity (Wildman–Crippen MR) is 94.9 cm³/mol. The Morgan fingerprint density at radius 1 is 1.42 bits per heavy atom. The van der Waals surface area contributed by atoms with Gasteiger partial charge in [-0.1, -0.05) is 22.5 Å². The highest BCUT2D eigenvalue weighted by atomic mass is 79.9. The van der Waals surface area contributed by atoms with Crippen molar-refractivity contribution in [3.8, 4) is 0 Å². The van der Waals surface area contributed by atoms with Crippen molar-refractivity contribution in [2.45, 2.75) is 48.8 Å². The zero-order valence-electron chi connectivity index (χ0n) is 13.9. The van der Waals surface area contributed by atoms with Gasteiger partial charge in [-0.15, -0.1) is 0 Å². The Kier molecular flexibility index (Phi) is 4.13. The van der Waals surface area contributed by atoms with Gasteiger partial charge in [-0.25, -0.2) is 12.8 Å². The van der Waals surface area contributed by atoms with Crippen LogP contribution >= 0.6 is 15.9 Å². The second-order valence-electron chi connectivity index (χ2n) is 7.10. The Labute approximate surface area is 150 Å². The maximum Gasteiger partial charge on any atom is 0.166 e. The molecule has 0 spiro atoms. The van der Waals surface area contributed by atoms with E-state index in [0.29, 0.717) is 16.6 Å². The zero-order valence-corrected chi connectivity index (χ0v) is 16.3. The average Bonchev–Trinajstić information content (AvgIpc) is 2.50. The van der Waals surface area contributed by atoms with Gasteiger partial charge in [0.1, 0.15) is 16.1 Å². The summed E-state index contributed by atoms with van der Waals surface area (Å²) >= 11 is 3.35. The van der Waals surface area contributed by atoms with Gasteiger partial charge in [-0.2, -0.15) is 0 Å². The summed E-state index contributed by atoms with van der Waals surface area (Å²) in [4.78, 5) is 0. The molecule has 2 saturated heterocycles. The summed E-state index contributed by atoms with van der Waals surface area (Å²) < 4.78 is 46.6. The van der Waals surface area contributed by atoms with Gasteiger partial charge in [0.25, 0.3) is 0 Å². The Hall–Kier alpha value is -0.920. The summed E-state index contributed by atoms with van der Waals surface area (Å²) in [5.41, 5.74) is -0.531. The van der Waals surface area contributed by atoms with Crippen LogP contribution in [0.2, 0.25) is 0 Å². The fraction of sp³-hybridized carbons (Fsp3) is 0.529. The molecule has 3 atom stereocenters. The smallest absolute Gasteiger partial charge is 0.166 e. The van der Waals surface area contributed by atoms with Crippen LogP contribution in [0.4, 0.5) is 4.39 Å². The molecule has 0 aliphatic carbocycles. The van der Waals surface area contributed by atoms with Gasteiger partial charge in [0.05, 0.1) is 18.0 Å². The first kappa shape index (κ1) is 17.9. The first-order valence-corrected chi connectivity index (χ1v) is 10.1. The van der Waals surface area contributed by atoms with E-state index >= 15 is 0 Å². The summed E-state index contributed by atoms with van der Waals surface area (Å²) in [6.45, 7) is 9.10. The van der Waals surface area contributed by atoms with Crippen LogP contribution in [0.1, 0.15) is 32.8 Å². The standard InChI is InChI=1S/C17H21BrFNO3S/c1-10-7-15-17(9-23-10,13-8-12(18)5-6-14(13)19)20-11(2)16(3,4)24(15,21)22/h5-6,8,10,15,20H,2,7,9H2,1,3-4H3/t10-,15+,17+/m0/s1. The normalized spacial score (nSPS) is 34.3. The SMILES string of the molecule is C=C1N[C@@]2(c3cc(Br)ccc3F)CO[C@@H](C)C[C@H]2S(=O)(=O)C1(C)C. The van der Waals surface area contributed by atoms with E-state index in [4.69, 9.17) is 4.74 Å². The minimum Gasteiger partial charge on any atom is -0.376 e. The monoisotopic (exact) mass is 417 g/mol. The lowest BCUT2D eigenvalue weighted by Crippen LogP contribution is -2.69. The lowest BCUT2D eigenvalue weighted by molar-refractivity contribution is -0.0313. The molecule has 1 N–H and O–H groups in total. The van der Waals surface area contributed by atoms with Crippen LogP contribution in [0.25, 0.3) is 0 Å². The predicted octanol–water partition coefficient (Wildman–Crippen LogP) is 3.27. The molecular weight excluding hydrogens is 397 g/mol. The molecular formula is C17H21BrFNO3S. The molecule has 2 fully saturated rings. The van der Waals surface area contributed by atoms with Gasteiger partial charge < -0.3 is 10.1 Å². The highest BCUT2D eigenvalue weighted by Crippen LogP contribution is 2.48. The number of ether oxygens (including phenoxy) is 1. The number of fused-ring (bicyclic) bond motifs is 1. The summed E-state index contributed by atoms with van der Waals surface area (Å²) in [7, 11) is -3.60. The molecule has 24 heavy (non-hydrogen) atoms. The summed E-state index contributed by atoms with van der Waals surface area (Å²) in [6.07, 6.45) is 0.0925. The van der Waals surface area contributed by atoms with E-state index in [1.54, 1.807) is 26.0 Å². The van der Waals surface area contributed by atoms with Crippen LogP contribution in [0.5, 0.6) is 0 Å². The van der Waals surface area contributed by atoms with Crippen molar-refractivity contribution in [3.63, 3.8) is 0 Å². The molecule has 0 saturated carbocycles. The number of sulfone groups is 1. The average molecular weight is 418 g/mol. The first-order chi connectivity index (χ1) is 11.0. The minimum absolute atomic E-state index is 0.0700. The molecule has 1 aromatic rings. The largest absolute Gasteiger partial charge is 0.376 e. The third kappa shape index (κ3) is 2.35. The summed E-state index contributed by atoms with van der Waals surface area (Å²) in [5.74, 6) is -0.462. The van der Waals surface area contributed by atoms with Crippen molar-refractivity contribution < 1.29 is 17.5 Å². The van der Waals surface area contributed by atoms with Gasteiger partial charge in [-0.3, -0.25) is 0 Å². The van der Waals surface area contributed by atoms with Crippen LogP contribution in [0.15, 0.2) is 34.9 Å². The van der Waals surface area contributed by atoms with Crippen LogP contribution in [-0.4, -0.2) is 31.1 Å². The Morgan fingerprint density at radius 3 is 2.75 bits per heavy atom. The highest BCUT2D eigenvalue weighted by Gasteiger charge is 2.61. The number of nitrogens with one attached hydrogen (secondary N) is 1. The Balaban J connectivity index is 2.27. The molecule has 132 valence electrons. The van der Waals surface area contributed by atoms with Crippen molar-refractivity contribution in [3.05, 3.63) is 46.3 Å². The molecule has 0 unspecified atom stereocenters. The van der Waals surface area contributed by atoms with E-state index in [1.807, 2.05) is 6.92 Å². The molecule has 4 nitrogen and oxygen atoms in total. The summed E-state index contributed by atoms with van der Waals surface area (Å²) in [6, 6.07) is 4.54. The van der Waals surface area contributed by atoms with Crippen molar-refractivity contribution in [2.24, 2.45) is 0 Å². The Bertz CT molecular complexity index is 808. The lowest BCUT2D eigenvalue weighted by atomic mass is 9.81. The van der Waals surface area contributed by atoms with E-state index < -0.39 is 31.2 Å². The molecule has 2 heterocycles. The molecule has 0 amide bonds. The fourth-order valence-corrected chi connectivity index (χ4v) is 6.33. The van der Waals surface area contributed by atoms with Gasteiger partial charge >= 0.3 is 0 Å². The maximum atomic E-state index is 14.6. The number of hydrogen-bond donors (Lipinski definition) is 1. The van der Waals surface area contributed by atoms with Crippen molar-refractivity contribution in [1.29, 1.82) is 0 Å². The molecule has 2 aliphatic rings. The molecule has 0 bridgehead atoms. The van der Waals surface area contributed by atoms with Gasteiger partial charge in [0.15, 0.2) is 9.84 Å². The van der Waals surface area contributed by atoms with Crippen molar-refractivity contribution in [2.75, 3.05) is 6.61 Å². The van der Waals surface area contributed by atoms with Crippen LogP contribution in [0.3, 0.4) is 0 Å². The first-order valence-electron chi connectivity index (χ1n) is 7.80. The number of rotatable bonds is 1. The molecule has 3 rings (SSSR count). The topological polar surface area (TPSA) is 55.4 Å². The zero-order chi connectivity index (χ0) is 17.9. The van der Waals surface area contributed by atoms with E-state index in [-0.39, 0.29) is 18.3 Å². The third-order valence-electron chi connectivity index (χ3n) is 5.29. The van der Waals surface area contributed by atoms with E-state index in [0.717, 1.165) is 0 Å². The number of hydrogen-bond acceptors (Lipinski definition) is 4. The van der Waals surface area contributed by atoms with Crippen LogP contribution in [0, 0.1) is 5.82 Å². The van der Waals surface area contributed by atoms with Crippen LogP contribution in [-0.2, 0) is 20.1 Å². The van der Waals surface area contributed by atoms with E-state index in [1.165, 1.54) is 6.07 Å². The summed E-state index contributed by atoms with van der Waals surface area (Å²) in [5, 5.41) is 2.43. The lowest BCUT2D eigenvalue weighted by Gasteiger charge is -2.54. The van der Waals surface area contributed by atoms with Gasteiger partial charge in [-0.05, 0) is 45.4 Å². The molecule has 1 aromatic carbocycles. The quantitative estimate of drug-likeness (QED) is 0.761. The van der Waals surface area contributed by atoms with Crippen molar-refractivity contribution in [1.82, 2.24) is 5.32 Å². The molecule has 0 radical (unpaired) electrons. The number of benzene rings is 1. The molecule has 2 aliphatic heterocycles. The second-order valence-corrected chi connectivity index (χ2v) is 10.7. The Morgan fingerprint density at radius 2 is 2.08 bits per heavy atom. The van der Waals surface area contributed by atoms with Crippen LogP contribution < -0.4 is 5.32 Å². The molecule has 7 heteroatoms.